The summed E-state index contributed by atoms with van der Waals surface area (Å²) in [5.41, 5.74) is 4.81. The number of nitrogens with two attached hydrogens (primary N) is 1. The summed E-state index contributed by atoms with van der Waals surface area (Å²) in [5, 5.41) is 2.60. The van der Waals surface area contributed by atoms with Crippen LogP contribution in [0.25, 0.3) is 0 Å². The van der Waals surface area contributed by atoms with E-state index < -0.39 is 18.1 Å². The molecule has 1 rings (SSSR count). The van der Waals surface area contributed by atoms with Crippen molar-refractivity contribution in [3.63, 3.8) is 0 Å². The summed E-state index contributed by atoms with van der Waals surface area (Å²) < 4.78 is 5.47. The molecule has 0 unspecified atom stereocenters. The molecule has 0 saturated carbocycles. The maximum absolute atomic E-state index is 12.1. The van der Waals surface area contributed by atoms with Crippen LogP contribution in [0.1, 0.15) is 27.2 Å². The number of halogens is 1. The zero-order chi connectivity index (χ0) is 15.3. The molecular weight excluding hydrogens is 326 g/mol. The van der Waals surface area contributed by atoms with E-state index in [0.717, 1.165) is 0 Å². The highest BCUT2D eigenvalue weighted by atomic mass is 79.9. The van der Waals surface area contributed by atoms with Gasteiger partial charge in [0.05, 0.1) is 0 Å². The Labute approximate surface area is 126 Å². The van der Waals surface area contributed by atoms with Crippen molar-refractivity contribution in [1.29, 1.82) is 0 Å². The molecule has 20 heavy (non-hydrogen) atoms. The third-order valence-electron chi connectivity index (χ3n) is 2.31. The molecule has 0 aliphatic heterocycles. The minimum atomic E-state index is -0.975. The number of primary amides is 1. The number of hydrogen-bond donors (Lipinski definition) is 2. The normalized spacial score (nSPS) is 12.6. The first-order valence-corrected chi connectivity index (χ1v) is 6.86. The molecule has 0 spiro atoms. The Bertz CT molecular complexity index is 500. The third-order valence-corrected chi connectivity index (χ3v) is 2.76. The number of aromatic nitrogens is 1. The van der Waals surface area contributed by atoms with Crippen LogP contribution >= 0.6 is 15.9 Å². The number of carbonyl (C=O) groups is 2. The Morgan fingerprint density at radius 2 is 2.10 bits per heavy atom. The van der Waals surface area contributed by atoms with Crippen molar-refractivity contribution < 1.29 is 14.3 Å². The summed E-state index contributed by atoms with van der Waals surface area (Å²) in [6, 6.07) is 5.11. The molecule has 7 heteroatoms. The standard InChI is InChI=1S/C13H18BrN3O3/c1-13(2,3)7-8(20-12(15)19)11(18)17-10-6-4-5-9(14)16-10/h4-6,8H,7H2,1-3H3,(H2,15,19)(H,16,17,18)/t8-/m0/s1. The fraction of sp³-hybridized carbons (Fsp3) is 0.462. The van der Waals surface area contributed by atoms with Crippen LogP contribution in [0.3, 0.4) is 0 Å². The molecule has 1 heterocycles. The molecule has 0 radical (unpaired) electrons. The number of anilines is 1. The van der Waals surface area contributed by atoms with Gasteiger partial charge in [-0.3, -0.25) is 4.79 Å². The van der Waals surface area contributed by atoms with Gasteiger partial charge < -0.3 is 15.8 Å². The number of rotatable bonds is 4. The lowest BCUT2D eigenvalue weighted by atomic mass is 9.89. The van der Waals surface area contributed by atoms with Crippen LogP contribution < -0.4 is 11.1 Å². The van der Waals surface area contributed by atoms with E-state index >= 15 is 0 Å². The van der Waals surface area contributed by atoms with E-state index in [-0.39, 0.29) is 5.41 Å². The maximum Gasteiger partial charge on any atom is 0.405 e. The third kappa shape index (κ3) is 6.01. The summed E-state index contributed by atoms with van der Waals surface area (Å²) in [5.74, 6) is -0.0827. The summed E-state index contributed by atoms with van der Waals surface area (Å²) in [6.07, 6.45) is -1.57. The number of nitrogens with one attached hydrogen (secondary N) is 1. The molecule has 0 aromatic carbocycles. The minimum absolute atomic E-state index is 0.192. The molecule has 0 aliphatic rings. The average Bonchev–Trinajstić information content (AvgIpc) is 2.25. The van der Waals surface area contributed by atoms with Crippen LogP contribution in [0.2, 0.25) is 0 Å². The van der Waals surface area contributed by atoms with Crippen LogP contribution in [0.5, 0.6) is 0 Å². The number of carbonyl (C=O) groups excluding carboxylic acids is 2. The van der Waals surface area contributed by atoms with Gasteiger partial charge in [0.2, 0.25) is 0 Å². The first-order valence-electron chi connectivity index (χ1n) is 6.07. The van der Waals surface area contributed by atoms with Crippen molar-refractivity contribution in [2.24, 2.45) is 11.1 Å². The van der Waals surface area contributed by atoms with Crippen molar-refractivity contribution in [2.75, 3.05) is 5.32 Å². The number of amides is 2. The number of nitrogens with zero attached hydrogens (tertiary/aromatic N) is 1. The van der Waals surface area contributed by atoms with Crippen molar-refractivity contribution in [3.05, 3.63) is 22.8 Å². The van der Waals surface area contributed by atoms with Gasteiger partial charge in [0.15, 0.2) is 6.10 Å². The summed E-state index contributed by atoms with van der Waals surface area (Å²) in [6.45, 7) is 5.82. The van der Waals surface area contributed by atoms with Crippen molar-refractivity contribution in [3.8, 4) is 0 Å². The van der Waals surface area contributed by atoms with E-state index in [4.69, 9.17) is 10.5 Å². The van der Waals surface area contributed by atoms with E-state index in [0.29, 0.717) is 16.8 Å². The molecule has 0 fully saturated rings. The fourth-order valence-electron chi connectivity index (χ4n) is 1.57. The Morgan fingerprint density at radius 3 is 2.60 bits per heavy atom. The molecule has 110 valence electrons. The van der Waals surface area contributed by atoms with Gasteiger partial charge in [0, 0.05) is 0 Å². The second-order valence-electron chi connectivity index (χ2n) is 5.53. The van der Waals surface area contributed by atoms with Crippen molar-refractivity contribution in [1.82, 2.24) is 4.98 Å². The predicted octanol–water partition coefficient (Wildman–Crippen LogP) is 2.68. The average molecular weight is 344 g/mol. The molecule has 1 aromatic rings. The maximum atomic E-state index is 12.1. The molecule has 0 bridgehead atoms. The first-order chi connectivity index (χ1) is 9.17. The van der Waals surface area contributed by atoms with Gasteiger partial charge in [-0.25, -0.2) is 9.78 Å². The van der Waals surface area contributed by atoms with Crippen LogP contribution in [0.4, 0.5) is 10.6 Å². The minimum Gasteiger partial charge on any atom is -0.436 e. The van der Waals surface area contributed by atoms with Gasteiger partial charge in [-0.2, -0.15) is 0 Å². The highest BCUT2D eigenvalue weighted by molar-refractivity contribution is 9.10. The topological polar surface area (TPSA) is 94.3 Å². The van der Waals surface area contributed by atoms with Gasteiger partial charge in [-0.1, -0.05) is 26.8 Å². The molecule has 6 nitrogen and oxygen atoms in total. The molecule has 2 amide bonds. The SMILES string of the molecule is CC(C)(C)C[C@H](OC(N)=O)C(=O)Nc1cccc(Br)n1. The quantitative estimate of drug-likeness (QED) is 0.821. The zero-order valence-electron chi connectivity index (χ0n) is 11.6. The van der Waals surface area contributed by atoms with Crippen molar-refractivity contribution >= 4 is 33.7 Å². The highest BCUT2D eigenvalue weighted by Crippen LogP contribution is 2.23. The van der Waals surface area contributed by atoms with Gasteiger partial charge >= 0.3 is 6.09 Å². The molecule has 1 atom stereocenters. The lowest BCUT2D eigenvalue weighted by molar-refractivity contribution is -0.125. The van der Waals surface area contributed by atoms with E-state index in [1.54, 1.807) is 18.2 Å². The second kappa shape index (κ2) is 6.69. The van der Waals surface area contributed by atoms with Crippen LogP contribution in [0.15, 0.2) is 22.8 Å². The van der Waals surface area contributed by atoms with Gasteiger partial charge in [-0.05, 0) is 39.9 Å². The van der Waals surface area contributed by atoms with Crippen LogP contribution in [-0.4, -0.2) is 23.1 Å². The van der Waals surface area contributed by atoms with E-state index in [9.17, 15) is 9.59 Å². The van der Waals surface area contributed by atoms with Crippen molar-refractivity contribution in [2.45, 2.75) is 33.3 Å². The lowest BCUT2D eigenvalue weighted by Gasteiger charge is -2.24. The number of ether oxygens (including phenoxy) is 1. The molecular formula is C13H18BrN3O3. The molecule has 0 aliphatic carbocycles. The summed E-state index contributed by atoms with van der Waals surface area (Å²) in [7, 11) is 0. The van der Waals surface area contributed by atoms with Gasteiger partial charge in [0.1, 0.15) is 10.4 Å². The first kappa shape index (κ1) is 16.4. The number of hydrogen-bond acceptors (Lipinski definition) is 4. The summed E-state index contributed by atoms with van der Waals surface area (Å²) >= 11 is 3.21. The lowest BCUT2D eigenvalue weighted by Crippen LogP contribution is -2.37. The molecule has 3 N–H and O–H groups in total. The molecule has 1 aromatic heterocycles. The van der Waals surface area contributed by atoms with Crippen LogP contribution in [0, 0.1) is 5.41 Å². The largest absolute Gasteiger partial charge is 0.436 e. The predicted molar refractivity (Wildman–Crippen MR) is 79.1 cm³/mol. The Kier molecular flexibility index (Phi) is 5.50. The highest BCUT2D eigenvalue weighted by Gasteiger charge is 2.28. The fourth-order valence-corrected chi connectivity index (χ4v) is 1.91. The van der Waals surface area contributed by atoms with Crippen LogP contribution in [-0.2, 0) is 9.53 Å². The Morgan fingerprint density at radius 1 is 1.45 bits per heavy atom. The van der Waals surface area contributed by atoms with E-state index in [1.807, 2.05) is 20.8 Å². The molecule has 0 saturated heterocycles. The second-order valence-corrected chi connectivity index (χ2v) is 6.34. The van der Waals surface area contributed by atoms with E-state index in [1.165, 1.54) is 0 Å². The zero-order valence-corrected chi connectivity index (χ0v) is 13.2. The smallest absolute Gasteiger partial charge is 0.405 e. The van der Waals surface area contributed by atoms with Gasteiger partial charge in [-0.15, -0.1) is 0 Å². The Hall–Kier alpha value is -1.63. The number of pyridine rings is 1. The van der Waals surface area contributed by atoms with E-state index in [2.05, 4.69) is 26.2 Å². The van der Waals surface area contributed by atoms with Gasteiger partial charge in [0.25, 0.3) is 5.91 Å². The monoisotopic (exact) mass is 343 g/mol. The Balaban J connectivity index is 2.79. The summed E-state index contributed by atoms with van der Waals surface area (Å²) in [4.78, 5) is 27.1.